The van der Waals surface area contributed by atoms with E-state index in [1.807, 2.05) is 19.2 Å². The Hall–Kier alpha value is -1.26. The van der Waals surface area contributed by atoms with E-state index in [0.717, 1.165) is 23.5 Å². The molecule has 1 unspecified atom stereocenters. The first kappa shape index (κ1) is 11.2. The zero-order valence-corrected chi connectivity index (χ0v) is 10.1. The zero-order chi connectivity index (χ0) is 11.4. The molecule has 2 heterocycles. The predicted molar refractivity (Wildman–Crippen MR) is 66.5 cm³/mol. The van der Waals surface area contributed by atoms with E-state index in [0.29, 0.717) is 0 Å². The molecule has 0 aliphatic rings. The van der Waals surface area contributed by atoms with Crippen LogP contribution in [0.2, 0.25) is 0 Å². The van der Waals surface area contributed by atoms with Gasteiger partial charge in [-0.15, -0.1) is 11.3 Å². The third-order valence-corrected chi connectivity index (χ3v) is 3.31. The summed E-state index contributed by atoms with van der Waals surface area (Å²) in [6.45, 7) is 2.01. The molecule has 1 atom stereocenters. The van der Waals surface area contributed by atoms with Gasteiger partial charge in [-0.05, 0) is 25.0 Å². The molecule has 0 aliphatic carbocycles. The fourth-order valence-corrected chi connectivity index (χ4v) is 2.48. The molecule has 0 saturated heterocycles. The summed E-state index contributed by atoms with van der Waals surface area (Å²) >= 11 is 1.68. The number of aromatic nitrogens is 2. The molecule has 84 valence electrons. The summed E-state index contributed by atoms with van der Waals surface area (Å²) in [6.07, 6.45) is 5.34. The van der Waals surface area contributed by atoms with Crippen molar-refractivity contribution >= 4 is 11.3 Å². The molecule has 2 aromatic rings. The van der Waals surface area contributed by atoms with Gasteiger partial charge in [-0.3, -0.25) is 4.98 Å². The Balaban J connectivity index is 1.92. The lowest BCUT2D eigenvalue weighted by Gasteiger charge is -2.09. The topological polar surface area (TPSA) is 51.8 Å². The Morgan fingerprint density at radius 1 is 1.44 bits per heavy atom. The molecule has 0 saturated carbocycles. The summed E-state index contributed by atoms with van der Waals surface area (Å²) in [5.41, 5.74) is 8.35. The molecular formula is C12H15N3S. The minimum atomic E-state index is 0.120. The normalized spacial score (nSPS) is 12.6. The maximum atomic E-state index is 6.09. The van der Waals surface area contributed by atoms with E-state index < -0.39 is 0 Å². The van der Waals surface area contributed by atoms with E-state index in [1.54, 1.807) is 17.5 Å². The average Bonchev–Trinajstić information content (AvgIpc) is 2.65. The van der Waals surface area contributed by atoms with Crippen LogP contribution in [-0.2, 0) is 12.8 Å². The van der Waals surface area contributed by atoms with Crippen LogP contribution in [-0.4, -0.2) is 16.0 Å². The number of nitrogens with two attached hydrogens (primary N) is 1. The lowest BCUT2D eigenvalue weighted by Crippen LogP contribution is -2.25. The number of hydrogen-bond donors (Lipinski definition) is 1. The Morgan fingerprint density at radius 3 is 2.94 bits per heavy atom. The van der Waals surface area contributed by atoms with Crippen molar-refractivity contribution in [2.45, 2.75) is 25.8 Å². The van der Waals surface area contributed by atoms with Crippen LogP contribution < -0.4 is 5.73 Å². The average molecular weight is 233 g/mol. The highest BCUT2D eigenvalue weighted by Crippen LogP contribution is 2.12. The maximum Gasteiger partial charge on any atom is 0.0943 e. The Morgan fingerprint density at radius 2 is 2.31 bits per heavy atom. The monoisotopic (exact) mass is 233 g/mol. The minimum absolute atomic E-state index is 0.120. The Bertz CT molecular complexity index is 439. The van der Waals surface area contributed by atoms with Gasteiger partial charge in [0.15, 0.2) is 0 Å². The minimum Gasteiger partial charge on any atom is -0.327 e. The molecular weight excluding hydrogens is 218 g/mol. The van der Waals surface area contributed by atoms with Crippen LogP contribution in [0.3, 0.4) is 0 Å². The van der Waals surface area contributed by atoms with Gasteiger partial charge < -0.3 is 5.73 Å². The smallest absolute Gasteiger partial charge is 0.0943 e. The number of thiazole rings is 1. The fraction of sp³-hybridized carbons (Fsp3) is 0.333. The molecule has 0 aromatic carbocycles. The van der Waals surface area contributed by atoms with Crippen LogP contribution in [0.25, 0.3) is 0 Å². The summed E-state index contributed by atoms with van der Waals surface area (Å²) in [7, 11) is 0. The zero-order valence-electron chi connectivity index (χ0n) is 9.26. The van der Waals surface area contributed by atoms with Crippen molar-refractivity contribution in [1.29, 1.82) is 0 Å². The molecule has 0 fully saturated rings. The van der Waals surface area contributed by atoms with Crippen molar-refractivity contribution in [2.75, 3.05) is 0 Å². The molecule has 0 bridgehead atoms. The lowest BCUT2D eigenvalue weighted by molar-refractivity contribution is 0.660. The van der Waals surface area contributed by atoms with E-state index in [4.69, 9.17) is 5.73 Å². The molecule has 2 rings (SSSR count). The number of hydrogen-bond acceptors (Lipinski definition) is 4. The summed E-state index contributed by atoms with van der Waals surface area (Å²) in [5, 5.41) is 3.18. The van der Waals surface area contributed by atoms with Crippen molar-refractivity contribution in [3.8, 4) is 0 Å². The van der Waals surface area contributed by atoms with E-state index >= 15 is 0 Å². The molecule has 3 nitrogen and oxygen atoms in total. The number of rotatable bonds is 4. The van der Waals surface area contributed by atoms with Gasteiger partial charge in [-0.25, -0.2) is 4.98 Å². The Kier molecular flexibility index (Phi) is 3.64. The molecule has 2 aromatic heterocycles. The van der Waals surface area contributed by atoms with Crippen LogP contribution in [0.15, 0.2) is 29.9 Å². The second-order valence-corrected chi connectivity index (χ2v) is 4.85. The van der Waals surface area contributed by atoms with E-state index in [9.17, 15) is 0 Å². The number of nitrogens with zero attached hydrogens (tertiary/aromatic N) is 2. The van der Waals surface area contributed by atoms with Gasteiger partial charge in [0, 0.05) is 35.9 Å². The van der Waals surface area contributed by atoms with Crippen LogP contribution in [0, 0.1) is 6.92 Å². The highest BCUT2D eigenvalue weighted by molar-refractivity contribution is 7.09. The van der Waals surface area contributed by atoms with Gasteiger partial charge in [0.05, 0.1) is 5.01 Å². The van der Waals surface area contributed by atoms with Gasteiger partial charge in [-0.1, -0.05) is 6.07 Å². The molecule has 2 N–H and O–H groups in total. The number of aryl methyl sites for hydroxylation is 1. The summed E-state index contributed by atoms with van der Waals surface area (Å²) in [5.74, 6) is 0. The van der Waals surface area contributed by atoms with Crippen molar-refractivity contribution < 1.29 is 0 Å². The first-order chi connectivity index (χ1) is 7.74. The van der Waals surface area contributed by atoms with Gasteiger partial charge >= 0.3 is 0 Å². The maximum absolute atomic E-state index is 6.09. The number of pyridine rings is 1. The first-order valence-electron chi connectivity index (χ1n) is 5.29. The third-order valence-electron chi connectivity index (χ3n) is 2.32. The largest absolute Gasteiger partial charge is 0.327 e. The first-order valence-corrected chi connectivity index (χ1v) is 6.17. The van der Waals surface area contributed by atoms with Crippen molar-refractivity contribution in [3.63, 3.8) is 0 Å². The molecule has 16 heavy (non-hydrogen) atoms. The Labute approximate surface area is 99.4 Å². The standard InChI is InChI=1S/C12H15N3S/c1-9-8-16-12(15-9)6-11(13)5-10-3-2-4-14-7-10/h2-4,7-8,11H,5-6,13H2,1H3. The van der Waals surface area contributed by atoms with Crippen LogP contribution >= 0.6 is 11.3 Å². The van der Waals surface area contributed by atoms with Crippen LogP contribution in [0.4, 0.5) is 0 Å². The van der Waals surface area contributed by atoms with Crippen molar-refractivity contribution in [3.05, 3.63) is 46.2 Å². The molecule has 0 radical (unpaired) electrons. The van der Waals surface area contributed by atoms with Crippen molar-refractivity contribution in [2.24, 2.45) is 5.73 Å². The predicted octanol–water partition coefficient (Wildman–Crippen LogP) is 1.96. The fourth-order valence-electron chi connectivity index (χ4n) is 1.61. The van der Waals surface area contributed by atoms with Crippen LogP contribution in [0.5, 0.6) is 0 Å². The molecule has 0 aliphatic heterocycles. The summed E-state index contributed by atoms with van der Waals surface area (Å²) in [4.78, 5) is 8.50. The molecule has 4 heteroatoms. The van der Waals surface area contributed by atoms with E-state index in [2.05, 4.69) is 21.4 Å². The highest BCUT2D eigenvalue weighted by Gasteiger charge is 2.08. The second-order valence-electron chi connectivity index (χ2n) is 3.91. The summed E-state index contributed by atoms with van der Waals surface area (Å²) in [6, 6.07) is 4.12. The van der Waals surface area contributed by atoms with Gasteiger partial charge in [0.25, 0.3) is 0 Å². The second kappa shape index (κ2) is 5.18. The molecule has 0 spiro atoms. The highest BCUT2D eigenvalue weighted by atomic mass is 32.1. The van der Waals surface area contributed by atoms with Gasteiger partial charge in [-0.2, -0.15) is 0 Å². The summed E-state index contributed by atoms with van der Waals surface area (Å²) < 4.78 is 0. The third kappa shape index (κ3) is 3.12. The quantitative estimate of drug-likeness (QED) is 0.878. The lowest BCUT2D eigenvalue weighted by atomic mass is 10.1. The van der Waals surface area contributed by atoms with Gasteiger partial charge in [0.1, 0.15) is 0 Å². The SMILES string of the molecule is Cc1csc(CC(N)Cc2cccnc2)n1. The van der Waals surface area contributed by atoms with Gasteiger partial charge in [0.2, 0.25) is 0 Å². The van der Waals surface area contributed by atoms with Crippen molar-refractivity contribution in [1.82, 2.24) is 9.97 Å². The van der Waals surface area contributed by atoms with Crippen LogP contribution in [0.1, 0.15) is 16.3 Å². The molecule has 0 amide bonds. The van der Waals surface area contributed by atoms with E-state index in [-0.39, 0.29) is 6.04 Å². The van der Waals surface area contributed by atoms with E-state index in [1.165, 1.54) is 5.56 Å².